The zero-order chi connectivity index (χ0) is 14.9. The summed E-state index contributed by atoms with van der Waals surface area (Å²) in [5.74, 6) is -1.28. The van der Waals surface area contributed by atoms with Gasteiger partial charge in [0.2, 0.25) is 0 Å². The summed E-state index contributed by atoms with van der Waals surface area (Å²) >= 11 is 3.85. The lowest BCUT2D eigenvalue weighted by atomic mass is 10.3. The molecule has 106 valence electrons. The number of aromatic carboxylic acids is 1. The Morgan fingerprint density at radius 2 is 2.00 bits per heavy atom. The number of rotatable bonds is 4. The Morgan fingerprint density at radius 1 is 1.30 bits per heavy atom. The summed E-state index contributed by atoms with van der Waals surface area (Å²) < 4.78 is 26.8. The van der Waals surface area contributed by atoms with Crippen molar-refractivity contribution in [3.05, 3.63) is 39.0 Å². The molecule has 0 bridgehead atoms. The third kappa shape index (κ3) is 3.11. The van der Waals surface area contributed by atoms with Gasteiger partial charge in [-0.2, -0.15) is 0 Å². The maximum Gasteiger partial charge on any atom is 0.345 e. The van der Waals surface area contributed by atoms with Gasteiger partial charge < -0.3 is 10.2 Å². The molecule has 0 spiro atoms. The number of aromatic hydroxyl groups is 1. The minimum absolute atomic E-state index is 0.0826. The normalized spacial score (nSPS) is 11.2. The molecule has 3 N–H and O–H groups in total. The number of carboxylic acids is 1. The average molecular weight is 378 g/mol. The number of anilines is 1. The van der Waals surface area contributed by atoms with Gasteiger partial charge in [0.05, 0.1) is 9.47 Å². The monoisotopic (exact) mass is 377 g/mol. The molecular formula is C11H8BrNO5S2. The second kappa shape index (κ2) is 5.43. The van der Waals surface area contributed by atoms with Crippen LogP contribution in [0.5, 0.6) is 5.75 Å². The van der Waals surface area contributed by atoms with E-state index in [4.69, 9.17) is 5.11 Å². The van der Waals surface area contributed by atoms with Crippen molar-refractivity contribution in [3.63, 3.8) is 0 Å². The molecule has 0 unspecified atom stereocenters. The van der Waals surface area contributed by atoms with Crippen LogP contribution in [0.1, 0.15) is 9.67 Å². The maximum absolute atomic E-state index is 12.2. The number of hydrogen-bond donors (Lipinski definition) is 3. The van der Waals surface area contributed by atoms with Gasteiger partial charge in [-0.1, -0.05) is 6.07 Å². The molecule has 0 fully saturated rings. The molecule has 0 aliphatic heterocycles. The average Bonchev–Trinajstić information content (AvgIpc) is 2.71. The van der Waals surface area contributed by atoms with E-state index in [1.807, 2.05) is 0 Å². The molecule has 0 aliphatic rings. The molecule has 0 atom stereocenters. The number of thiophene rings is 1. The highest BCUT2D eigenvalue weighted by Gasteiger charge is 2.23. The lowest BCUT2D eigenvalue weighted by Gasteiger charge is -2.07. The Morgan fingerprint density at radius 3 is 2.55 bits per heavy atom. The first-order chi connectivity index (χ1) is 9.29. The van der Waals surface area contributed by atoms with Gasteiger partial charge in [-0.25, -0.2) is 13.2 Å². The van der Waals surface area contributed by atoms with Crippen molar-refractivity contribution in [1.29, 1.82) is 0 Å². The summed E-state index contributed by atoms with van der Waals surface area (Å²) in [6.45, 7) is 0. The Kier molecular flexibility index (Phi) is 4.02. The van der Waals surface area contributed by atoms with Crippen molar-refractivity contribution in [3.8, 4) is 5.75 Å². The lowest BCUT2D eigenvalue weighted by Crippen LogP contribution is -2.12. The van der Waals surface area contributed by atoms with Gasteiger partial charge in [-0.3, -0.25) is 4.72 Å². The van der Waals surface area contributed by atoms with E-state index < -0.39 is 16.0 Å². The Bertz CT molecular complexity index is 769. The quantitative estimate of drug-likeness (QED) is 0.759. The van der Waals surface area contributed by atoms with Gasteiger partial charge in [-0.15, -0.1) is 11.3 Å². The number of nitrogens with one attached hydrogen (secondary N) is 1. The van der Waals surface area contributed by atoms with E-state index >= 15 is 0 Å². The standard InChI is InChI=1S/C11H8BrNO5S2/c12-10-9(5-8(19-10)11(15)16)20(17,18)13-6-2-1-3-7(14)4-6/h1-5,13-14H,(H,15,16). The molecule has 6 nitrogen and oxygen atoms in total. The smallest absolute Gasteiger partial charge is 0.345 e. The molecule has 1 aromatic heterocycles. The van der Waals surface area contributed by atoms with Crippen LogP contribution in [0.15, 0.2) is 39.0 Å². The fraction of sp³-hybridized carbons (Fsp3) is 0. The van der Waals surface area contributed by atoms with Crippen molar-refractivity contribution in [2.24, 2.45) is 0 Å². The zero-order valence-electron chi connectivity index (χ0n) is 9.70. The minimum atomic E-state index is -3.93. The molecule has 2 rings (SSSR count). The Balaban J connectivity index is 2.38. The number of benzene rings is 1. The summed E-state index contributed by atoms with van der Waals surface area (Å²) in [6, 6.07) is 6.67. The Labute approximate surface area is 126 Å². The van der Waals surface area contributed by atoms with Gasteiger partial charge in [0.25, 0.3) is 10.0 Å². The SMILES string of the molecule is O=C(O)c1cc(S(=O)(=O)Nc2cccc(O)c2)c(Br)s1. The number of carbonyl (C=O) groups is 1. The zero-order valence-corrected chi connectivity index (χ0v) is 12.9. The second-order valence-electron chi connectivity index (χ2n) is 3.71. The Hall–Kier alpha value is -1.58. The van der Waals surface area contributed by atoms with E-state index in [9.17, 15) is 18.3 Å². The van der Waals surface area contributed by atoms with Gasteiger partial charge in [0.1, 0.15) is 15.5 Å². The van der Waals surface area contributed by atoms with E-state index in [0.29, 0.717) is 0 Å². The minimum Gasteiger partial charge on any atom is -0.508 e. The van der Waals surface area contributed by atoms with Crippen molar-refractivity contribution in [2.45, 2.75) is 4.90 Å². The lowest BCUT2D eigenvalue weighted by molar-refractivity contribution is 0.0702. The van der Waals surface area contributed by atoms with Crippen LogP contribution >= 0.6 is 27.3 Å². The van der Waals surface area contributed by atoms with Gasteiger partial charge in [0, 0.05) is 6.07 Å². The van der Waals surface area contributed by atoms with Crippen LogP contribution in [0.2, 0.25) is 0 Å². The highest BCUT2D eigenvalue weighted by molar-refractivity contribution is 9.11. The van der Waals surface area contributed by atoms with Crippen LogP contribution in [-0.4, -0.2) is 24.6 Å². The molecule has 9 heteroatoms. The first-order valence-corrected chi connectivity index (χ1v) is 8.23. The molecule has 0 saturated heterocycles. The van der Waals surface area contributed by atoms with Gasteiger partial charge in [0.15, 0.2) is 0 Å². The largest absolute Gasteiger partial charge is 0.508 e. The molecule has 20 heavy (non-hydrogen) atoms. The van der Waals surface area contributed by atoms with Crippen molar-refractivity contribution in [1.82, 2.24) is 0 Å². The number of sulfonamides is 1. The second-order valence-corrected chi connectivity index (χ2v) is 7.73. The number of phenols is 1. The summed E-state index contributed by atoms with van der Waals surface area (Å²) in [5, 5.41) is 18.1. The molecule has 0 radical (unpaired) electrons. The number of halogens is 1. The number of phenolic OH excluding ortho intramolecular Hbond substituents is 1. The van der Waals surface area contributed by atoms with Crippen molar-refractivity contribution in [2.75, 3.05) is 4.72 Å². The molecule has 0 saturated carbocycles. The van der Waals surface area contributed by atoms with Crippen LogP contribution in [0.3, 0.4) is 0 Å². The summed E-state index contributed by atoms with van der Waals surface area (Å²) in [6.07, 6.45) is 0. The summed E-state index contributed by atoms with van der Waals surface area (Å²) in [5.41, 5.74) is 0.181. The van der Waals surface area contributed by atoms with Crippen LogP contribution in [-0.2, 0) is 10.0 Å². The van der Waals surface area contributed by atoms with E-state index in [2.05, 4.69) is 20.7 Å². The predicted molar refractivity (Wildman–Crippen MR) is 77.9 cm³/mol. The summed E-state index contributed by atoms with van der Waals surface area (Å²) in [4.78, 5) is 10.6. The molecular weight excluding hydrogens is 370 g/mol. The molecule has 2 aromatic rings. The van der Waals surface area contributed by atoms with Crippen LogP contribution in [0.25, 0.3) is 0 Å². The molecule has 0 aliphatic carbocycles. The fourth-order valence-electron chi connectivity index (χ4n) is 1.42. The van der Waals surface area contributed by atoms with Gasteiger partial charge >= 0.3 is 5.97 Å². The third-order valence-electron chi connectivity index (χ3n) is 2.25. The van der Waals surface area contributed by atoms with Crippen LogP contribution in [0.4, 0.5) is 5.69 Å². The topological polar surface area (TPSA) is 104 Å². The van der Waals surface area contributed by atoms with Crippen LogP contribution < -0.4 is 4.72 Å². The maximum atomic E-state index is 12.2. The third-order valence-corrected chi connectivity index (χ3v) is 5.88. The van der Waals surface area contributed by atoms with Gasteiger partial charge in [-0.05, 0) is 34.1 Å². The molecule has 1 aromatic carbocycles. The number of carboxylic acid groups (broad SMARTS) is 1. The highest BCUT2D eigenvalue weighted by Crippen LogP contribution is 2.33. The first-order valence-electron chi connectivity index (χ1n) is 5.14. The predicted octanol–water partition coefficient (Wildman–Crippen LogP) is 2.72. The van der Waals surface area contributed by atoms with E-state index in [1.54, 1.807) is 0 Å². The van der Waals surface area contributed by atoms with E-state index in [-0.39, 0.29) is 25.0 Å². The summed E-state index contributed by atoms with van der Waals surface area (Å²) in [7, 11) is -3.93. The highest BCUT2D eigenvalue weighted by atomic mass is 79.9. The number of hydrogen-bond acceptors (Lipinski definition) is 5. The molecule has 0 amide bonds. The fourth-order valence-corrected chi connectivity index (χ4v) is 4.87. The van der Waals surface area contributed by atoms with Crippen molar-refractivity contribution >= 4 is 48.9 Å². The van der Waals surface area contributed by atoms with Crippen molar-refractivity contribution < 1.29 is 23.4 Å². The first kappa shape index (κ1) is 14.8. The van der Waals surface area contributed by atoms with Crippen LogP contribution in [0, 0.1) is 0 Å². The van der Waals surface area contributed by atoms with E-state index in [0.717, 1.165) is 17.4 Å². The van der Waals surface area contributed by atoms with E-state index in [1.165, 1.54) is 24.3 Å². The molecule has 1 heterocycles.